The van der Waals surface area contributed by atoms with Crippen molar-refractivity contribution < 1.29 is 0 Å². The van der Waals surface area contributed by atoms with Crippen molar-refractivity contribution in [2.45, 2.75) is 25.8 Å². The normalized spacial score (nSPS) is 22.5. The smallest absolute Gasteiger partial charge is 0.00755 e. The van der Waals surface area contributed by atoms with Gasteiger partial charge in [-0.1, -0.05) is 0 Å². The summed E-state index contributed by atoms with van der Waals surface area (Å²) in [6.07, 6.45) is 2.44. The van der Waals surface area contributed by atoms with Crippen LogP contribution in [0.25, 0.3) is 0 Å². The lowest BCUT2D eigenvalue weighted by molar-refractivity contribution is 0.218. The van der Waals surface area contributed by atoms with Crippen molar-refractivity contribution in [3.05, 3.63) is 0 Å². The van der Waals surface area contributed by atoms with Crippen molar-refractivity contribution >= 4 is 11.8 Å². The van der Waals surface area contributed by atoms with Crippen LogP contribution >= 0.6 is 11.8 Å². The van der Waals surface area contributed by atoms with Crippen LogP contribution in [-0.2, 0) is 0 Å². The minimum Gasteiger partial charge on any atom is -0.330 e. The summed E-state index contributed by atoms with van der Waals surface area (Å²) in [5.41, 5.74) is 5.48. The monoisotopic (exact) mass is 188 g/mol. The first kappa shape index (κ1) is 10.4. The van der Waals surface area contributed by atoms with Crippen LogP contribution in [-0.4, -0.2) is 42.1 Å². The summed E-state index contributed by atoms with van der Waals surface area (Å²) in [7, 11) is 0. The molecular formula is C9H20N2S. The Morgan fingerprint density at radius 3 is 2.67 bits per heavy atom. The van der Waals surface area contributed by atoms with Crippen LogP contribution in [0.5, 0.6) is 0 Å². The van der Waals surface area contributed by atoms with Gasteiger partial charge in [0.05, 0.1) is 0 Å². The van der Waals surface area contributed by atoms with Crippen LogP contribution in [0.2, 0.25) is 0 Å². The van der Waals surface area contributed by atoms with E-state index in [1.165, 1.54) is 37.4 Å². The molecule has 0 bridgehead atoms. The quantitative estimate of drug-likeness (QED) is 0.718. The van der Waals surface area contributed by atoms with Crippen molar-refractivity contribution in [1.82, 2.24) is 4.90 Å². The van der Waals surface area contributed by atoms with Gasteiger partial charge in [0.1, 0.15) is 0 Å². The van der Waals surface area contributed by atoms with E-state index in [0.29, 0.717) is 0 Å². The first-order chi connectivity index (χ1) is 5.84. The molecule has 1 rings (SSSR count). The number of nitrogens with zero attached hydrogens (tertiary/aromatic N) is 1. The summed E-state index contributed by atoms with van der Waals surface area (Å²) in [6, 6.07) is 0.745. The third-order valence-electron chi connectivity index (χ3n) is 2.50. The number of hydrogen-bond donors (Lipinski definition) is 1. The van der Waals surface area contributed by atoms with E-state index in [-0.39, 0.29) is 0 Å². The molecule has 1 fully saturated rings. The molecular weight excluding hydrogens is 168 g/mol. The van der Waals surface area contributed by atoms with Crippen LogP contribution in [0.15, 0.2) is 0 Å². The molecule has 0 spiro atoms. The van der Waals surface area contributed by atoms with Gasteiger partial charge in [0.2, 0.25) is 0 Å². The zero-order valence-electron chi connectivity index (χ0n) is 7.96. The second kappa shape index (κ2) is 5.84. The van der Waals surface area contributed by atoms with Gasteiger partial charge in [-0.3, -0.25) is 4.90 Å². The van der Waals surface area contributed by atoms with Crippen LogP contribution in [0.4, 0.5) is 0 Å². The van der Waals surface area contributed by atoms with Gasteiger partial charge in [-0.15, -0.1) is 0 Å². The zero-order chi connectivity index (χ0) is 8.81. The SMILES string of the molecule is CC(CCCN)N1CCSCC1. The highest BCUT2D eigenvalue weighted by Crippen LogP contribution is 2.14. The number of nitrogens with two attached hydrogens (primary N) is 1. The molecule has 0 amide bonds. The fourth-order valence-corrected chi connectivity index (χ4v) is 2.55. The first-order valence-corrected chi connectivity index (χ1v) is 6.02. The average Bonchev–Trinajstić information content (AvgIpc) is 2.15. The second-order valence-corrected chi connectivity index (χ2v) is 4.65. The Hall–Kier alpha value is 0.270. The lowest BCUT2D eigenvalue weighted by Crippen LogP contribution is -2.39. The molecule has 2 nitrogen and oxygen atoms in total. The number of rotatable bonds is 4. The molecule has 3 heteroatoms. The Labute approximate surface area is 79.9 Å². The van der Waals surface area contributed by atoms with Crippen LogP contribution in [0, 0.1) is 0 Å². The molecule has 0 radical (unpaired) electrons. The van der Waals surface area contributed by atoms with E-state index in [0.717, 1.165) is 12.6 Å². The minimum atomic E-state index is 0.745. The second-order valence-electron chi connectivity index (χ2n) is 3.43. The van der Waals surface area contributed by atoms with E-state index in [2.05, 4.69) is 23.6 Å². The van der Waals surface area contributed by atoms with Gasteiger partial charge >= 0.3 is 0 Å². The van der Waals surface area contributed by atoms with Gasteiger partial charge in [-0.05, 0) is 26.3 Å². The molecule has 0 aromatic carbocycles. The van der Waals surface area contributed by atoms with E-state index in [1.807, 2.05) is 0 Å². The Balaban J connectivity index is 2.15. The van der Waals surface area contributed by atoms with E-state index >= 15 is 0 Å². The molecule has 1 aliphatic rings. The van der Waals surface area contributed by atoms with Gasteiger partial charge in [-0.25, -0.2) is 0 Å². The Kier molecular flexibility index (Phi) is 5.04. The Bertz CT molecular complexity index is 113. The van der Waals surface area contributed by atoms with E-state index in [9.17, 15) is 0 Å². The van der Waals surface area contributed by atoms with Crippen molar-refractivity contribution in [3.8, 4) is 0 Å². The van der Waals surface area contributed by atoms with Crippen LogP contribution in [0.1, 0.15) is 19.8 Å². The van der Waals surface area contributed by atoms with E-state index < -0.39 is 0 Å². The lowest BCUT2D eigenvalue weighted by Gasteiger charge is -2.32. The zero-order valence-corrected chi connectivity index (χ0v) is 8.78. The molecule has 1 atom stereocenters. The topological polar surface area (TPSA) is 29.3 Å². The summed E-state index contributed by atoms with van der Waals surface area (Å²) >= 11 is 2.07. The summed E-state index contributed by atoms with van der Waals surface area (Å²) in [5.74, 6) is 2.62. The highest BCUT2D eigenvalue weighted by molar-refractivity contribution is 7.99. The molecule has 0 aliphatic carbocycles. The van der Waals surface area contributed by atoms with Crippen LogP contribution in [0.3, 0.4) is 0 Å². The Morgan fingerprint density at radius 1 is 1.42 bits per heavy atom. The standard InChI is InChI=1S/C9H20N2S/c1-9(3-2-4-10)11-5-7-12-8-6-11/h9H,2-8,10H2,1H3. The molecule has 1 unspecified atom stereocenters. The van der Waals surface area contributed by atoms with Gasteiger partial charge in [-0.2, -0.15) is 11.8 Å². The van der Waals surface area contributed by atoms with E-state index in [1.54, 1.807) is 0 Å². The molecule has 0 aromatic rings. The number of hydrogen-bond acceptors (Lipinski definition) is 3. The van der Waals surface area contributed by atoms with Gasteiger partial charge < -0.3 is 5.73 Å². The molecule has 72 valence electrons. The average molecular weight is 188 g/mol. The molecule has 0 saturated carbocycles. The maximum Gasteiger partial charge on any atom is 0.00755 e. The molecule has 0 aromatic heterocycles. The maximum atomic E-state index is 5.48. The van der Waals surface area contributed by atoms with Crippen molar-refractivity contribution in [3.63, 3.8) is 0 Å². The molecule has 1 saturated heterocycles. The summed E-state index contributed by atoms with van der Waals surface area (Å²) in [4.78, 5) is 2.59. The van der Waals surface area contributed by atoms with E-state index in [4.69, 9.17) is 5.73 Å². The maximum absolute atomic E-state index is 5.48. The Morgan fingerprint density at radius 2 is 2.08 bits per heavy atom. The summed E-state index contributed by atoms with van der Waals surface area (Å²) in [6.45, 7) is 5.71. The molecule has 1 heterocycles. The van der Waals surface area contributed by atoms with Crippen LogP contribution < -0.4 is 5.73 Å². The fourth-order valence-electron chi connectivity index (χ4n) is 1.61. The fraction of sp³-hybridized carbons (Fsp3) is 1.00. The minimum absolute atomic E-state index is 0.745. The van der Waals surface area contributed by atoms with Crippen molar-refractivity contribution in [2.75, 3.05) is 31.1 Å². The van der Waals surface area contributed by atoms with Gasteiger partial charge in [0, 0.05) is 30.6 Å². The van der Waals surface area contributed by atoms with Crippen molar-refractivity contribution in [2.24, 2.45) is 5.73 Å². The highest BCUT2D eigenvalue weighted by atomic mass is 32.2. The third kappa shape index (κ3) is 3.33. The highest BCUT2D eigenvalue weighted by Gasteiger charge is 2.15. The van der Waals surface area contributed by atoms with Crippen molar-refractivity contribution in [1.29, 1.82) is 0 Å². The number of thioether (sulfide) groups is 1. The van der Waals surface area contributed by atoms with Gasteiger partial charge in [0.25, 0.3) is 0 Å². The predicted molar refractivity (Wildman–Crippen MR) is 56.6 cm³/mol. The predicted octanol–water partition coefficient (Wildman–Crippen LogP) is 1.16. The lowest BCUT2D eigenvalue weighted by atomic mass is 10.1. The molecule has 12 heavy (non-hydrogen) atoms. The largest absolute Gasteiger partial charge is 0.330 e. The third-order valence-corrected chi connectivity index (χ3v) is 3.44. The van der Waals surface area contributed by atoms with Gasteiger partial charge in [0.15, 0.2) is 0 Å². The first-order valence-electron chi connectivity index (χ1n) is 4.86. The molecule has 2 N–H and O–H groups in total. The molecule has 1 aliphatic heterocycles. The summed E-state index contributed by atoms with van der Waals surface area (Å²) in [5, 5.41) is 0. The summed E-state index contributed by atoms with van der Waals surface area (Å²) < 4.78 is 0.